The summed E-state index contributed by atoms with van der Waals surface area (Å²) in [4.78, 5) is 21.7. The molecule has 1 aromatic carbocycles. The van der Waals surface area contributed by atoms with E-state index in [2.05, 4.69) is 15.3 Å². The monoisotopic (exact) mass is 439 g/mol. The molecule has 7 heteroatoms. The fourth-order valence-corrected chi connectivity index (χ4v) is 5.26. The van der Waals surface area contributed by atoms with Gasteiger partial charge in [0.25, 0.3) is 5.91 Å². The van der Waals surface area contributed by atoms with E-state index < -0.39 is 0 Å². The first-order valence-electron chi connectivity index (χ1n) is 11.2. The summed E-state index contributed by atoms with van der Waals surface area (Å²) in [5, 5.41) is 4.38. The highest BCUT2D eigenvalue weighted by Crippen LogP contribution is 2.34. The van der Waals surface area contributed by atoms with Crippen molar-refractivity contribution < 1.29 is 13.9 Å². The number of hydrogen-bond acceptors (Lipinski definition) is 6. The van der Waals surface area contributed by atoms with Crippen LogP contribution in [0.5, 0.6) is 5.75 Å². The van der Waals surface area contributed by atoms with Crippen molar-refractivity contribution >= 4 is 28.2 Å². The number of nitrogens with zero attached hydrogens (tertiary/aromatic N) is 3. The summed E-state index contributed by atoms with van der Waals surface area (Å²) in [5.41, 5.74) is 3.37. The lowest BCUT2D eigenvalue weighted by Gasteiger charge is -2.21. The van der Waals surface area contributed by atoms with Gasteiger partial charge in [-0.1, -0.05) is 0 Å². The zero-order chi connectivity index (χ0) is 21.2. The summed E-state index contributed by atoms with van der Waals surface area (Å²) >= 11 is 1.69. The van der Waals surface area contributed by atoms with Gasteiger partial charge in [0.05, 0.1) is 10.7 Å². The molecule has 0 bridgehead atoms. The van der Waals surface area contributed by atoms with Crippen molar-refractivity contribution in [3.63, 3.8) is 0 Å². The van der Waals surface area contributed by atoms with Crippen LogP contribution in [-0.2, 0) is 24.2 Å². The van der Waals surface area contributed by atoms with Crippen LogP contribution in [0.2, 0.25) is 0 Å². The first-order chi connectivity index (χ1) is 15.2. The van der Waals surface area contributed by atoms with E-state index in [4.69, 9.17) is 9.15 Å². The Morgan fingerprint density at radius 1 is 1.16 bits per heavy atom. The van der Waals surface area contributed by atoms with Gasteiger partial charge in [-0.2, -0.15) is 0 Å². The van der Waals surface area contributed by atoms with Gasteiger partial charge in [0, 0.05) is 55.5 Å². The zero-order valence-corrected chi connectivity index (χ0v) is 18.9. The van der Waals surface area contributed by atoms with Crippen LogP contribution in [0.15, 0.2) is 28.0 Å². The largest absolute Gasteiger partial charge is 0.484 e. The lowest BCUT2D eigenvalue weighted by atomic mass is 9.96. The maximum Gasteiger partial charge on any atom is 0.260 e. The lowest BCUT2D eigenvalue weighted by molar-refractivity contribution is -0.133. The molecule has 164 valence electrons. The fraction of sp³-hybridized carbons (Fsp3) is 0.500. The van der Waals surface area contributed by atoms with E-state index in [-0.39, 0.29) is 12.5 Å². The number of furan rings is 1. The molecule has 0 saturated carbocycles. The van der Waals surface area contributed by atoms with E-state index in [1.165, 1.54) is 18.4 Å². The summed E-state index contributed by atoms with van der Waals surface area (Å²) < 4.78 is 11.9. The third-order valence-corrected chi connectivity index (χ3v) is 7.10. The van der Waals surface area contributed by atoms with Gasteiger partial charge < -0.3 is 14.1 Å². The van der Waals surface area contributed by atoms with Gasteiger partial charge >= 0.3 is 0 Å². The molecular weight excluding hydrogens is 410 g/mol. The zero-order valence-electron chi connectivity index (χ0n) is 18.1. The average Bonchev–Trinajstić information content (AvgIpc) is 3.27. The normalized spacial score (nSPS) is 17.5. The summed E-state index contributed by atoms with van der Waals surface area (Å²) in [6.45, 7) is 6.35. The number of fused-ring (bicyclic) bond motifs is 3. The molecule has 3 aromatic rings. The Bertz CT molecular complexity index is 1070. The number of aryl methyl sites for hydroxylation is 3. The Morgan fingerprint density at radius 2 is 2.06 bits per heavy atom. The number of hydrogen-bond donors (Lipinski definition) is 0. The number of amides is 1. The Balaban J connectivity index is 1.17. The highest BCUT2D eigenvalue weighted by molar-refractivity contribution is 7.09. The molecule has 0 radical (unpaired) electrons. The molecule has 31 heavy (non-hydrogen) atoms. The maximum absolute atomic E-state index is 12.8. The van der Waals surface area contributed by atoms with Crippen molar-refractivity contribution in [1.82, 2.24) is 14.8 Å². The molecule has 0 unspecified atom stereocenters. The standard InChI is InChI=1S/C24H29N3O3S/c1-17-25-18(16-31-17)14-26-9-4-10-27(12-11-26)24(28)15-29-19-7-8-23-21(13-19)20-5-2-3-6-22(20)30-23/h7-8,13,16H,2-6,9-12,14-15H2,1H3. The van der Waals surface area contributed by atoms with Crippen molar-refractivity contribution in [3.8, 4) is 5.75 Å². The molecule has 1 aliphatic heterocycles. The molecule has 6 nitrogen and oxygen atoms in total. The predicted octanol–water partition coefficient (Wildman–Crippen LogP) is 4.19. The van der Waals surface area contributed by atoms with E-state index >= 15 is 0 Å². The number of thiazole rings is 1. The van der Waals surface area contributed by atoms with Gasteiger partial charge in [0.1, 0.15) is 17.1 Å². The summed E-state index contributed by atoms with van der Waals surface area (Å²) in [5.74, 6) is 1.92. The van der Waals surface area contributed by atoms with Crippen LogP contribution in [0.25, 0.3) is 11.0 Å². The molecule has 2 aliphatic rings. The Morgan fingerprint density at radius 3 is 2.94 bits per heavy atom. The van der Waals surface area contributed by atoms with E-state index in [9.17, 15) is 4.79 Å². The number of aromatic nitrogens is 1. The Kier molecular flexibility index (Phi) is 5.96. The van der Waals surface area contributed by atoms with Gasteiger partial charge in [0.15, 0.2) is 6.61 Å². The van der Waals surface area contributed by atoms with Crippen LogP contribution in [-0.4, -0.2) is 53.5 Å². The minimum Gasteiger partial charge on any atom is -0.484 e. The van der Waals surface area contributed by atoms with Crippen molar-refractivity contribution in [3.05, 3.63) is 45.6 Å². The minimum atomic E-state index is 0.0562. The minimum absolute atomic E-state index is 0.0562. The van der Waals surface area contributed by atoms with Gasteiger partial charge in [-0.3, -0.25) is 9.69 Å². The first-order valence-corrected chi connectivity index (χ1v) is 12.1. The van der Waals surface area contributed by atoms with Crippen LogP contribution in [0, 0.1) is 6.92 Å². The predicted molar refractivity (Wildman–Crippen MR) is 122 cm³/mol. The number of ether oxygens (including phenoxy) is 1. The van der Waals surface area contributed by atoms with Crippen LogP contribution in [0.1, 0.15) is 41.3 Å². The van der Waals surface area contributed by atoms with E-state index in [1.807, 2.05) is 30.0 Å². The highest BCUT2D eigenvalue weighted by Gasteiger charge is 2.21. The van der Waals surface area contributed by atoms with E-state index in [1.54, 1.807) is 11.3 Å². The molecule has 3 heterocycles. The second-order valence-electron chi connectivity index (χ2n) is 8.53. The second-order valence-corrected chi connectivity index (χ2v) is 9.59. The number of rotatable bonds is 5. The molecule has 0 spiro atoms. The fourth-order valence-electron chi connectivity index (χ4n) is 4.66. The van der Waals surface area contributed by atoms with Crippen LogP contribution >= 0.6 is 11.3 Å². The molecule has 5 rings (SSSR count). The van der Waals surface area contributed by atoms with Gasteiger partial charge in [-0.05, 0) is 50.8 Å². The maximum atomic E-state index is 12.8. The third-order valence-electron chi connectivity index (χ3n) is 6.28. The quantitative estimate of drug-likeness (QED) is 0.597. The van der Waals surface area contributed by atoms with Crippen molar-refractivity contribution in [2.45, 2.75) is 45.6 Å². The molecule has 0 N–H and O–H groups in total. The topological polar surface area (TPSA) is 58.8 Å². The smallest absolute Gasteiger partial charge is 0.260 e. The summed E-state index contributed by atoms with van der Waals surface area (Å²) in [6.07, 6.45) is 5.46. The molecule has 2 aromatic heterocycles. The Hall–Kier alpha value is -2.38. The molecule has 1 fully saturated rings. The van der Waals surface area contributed by atoms with Crippen LogP contribution < -0.4 is 4.74 Å². The van der Waals surface area contributed by atoms with Crippen molar-refractivity contribution in [2.24, 2.45) is 0 Å². The molecule has 1 aliphatic carbocycles. The lowest BCUT2D eigenvalue weighted by Crippen LogP contribution is -2.38. The van der Waals surface area contributed by atoms with Crippen LogP contribution in [0.3, 0.4) is 0 Å². The van der Waals surface area contributed by atoms with Crippen molar-refractivity contribution in [1.29, 1.82) is 0 Å². The third kappa shape index (κ3) is 4.62. The first kappa shape index (κ1) is 20.5. The SMILES string of the molecule is Cc1nc(CN2CCCN(C(=O)COc3ccc4oc5c(c4c3)CCCC5)CC2)cs1. The molecule has 1 amide bonds. The number of carbonyl (C=O) groups is 1. The van der Waals surface area contributed by atoms with Gasteiger partial charge in [-0.15, -0.1) is 11.3 Å². The number of benzene rings is 1. The van der Waals surface area contributed by atoms with Crippen molar-refractivity contribution in [2.75, 3.05) is 32.8 Å². The van der Waals surface area contributed by atoms with Crippen LogP contribution in [0.4, 0.5) is 0 Å². The summed E-state index contributed by atoms with van der Waals surface area (Å²) in [7, 11) is 0. The highest BCUT2D eigenvalue weighted by atomic mass is 32.1. The molecular formula is C24H29N3O3S. The summed E-state index contributed by atoms with van der Waals surface area (Å²) in [6, 6.07) is 5.91. The molecule has 0 atom stereocenters. The van der Waals surface area contributed by atoms with E-state index in [0.717, 1.165) is 85.2 Å². The van der Waals surface area contributed by atoms with E-state index in [0.29, 0.717) is 0 Å². The van der Waals surface area contributed by atoms with Gasteiger partial charge in [0.2, 0.25) is 0 Å². The second kappa shape index (κ2) is 9.01. The average molecular weight is 440 g/mol. The molecule has 1 saturated heterocycles. The number of carbonyl (C=O) groups excluding carboxylic acids is 1. The van der Waals surface area contributed by atoms with Gasteiger partial charge in [-0.25, -0.2) is 4.98 Å². The Labute approximate surface area is 186 Å².